The number of H-pyrrole nitrogens is 1. The number of fused-ring (bicyclic) bond motifs is 1. The number of aromatic nitrogens is 2. The first-order valence-electron chi connectivity index (χ1n) is 8.27. The van der Waals surface area contributed by atoms with E-state index < -0.39 is 6.10 Å². The fourth-order valence-corrected chi connectivity index (χ4v) is 3.20. The van der Waals surface area contributed by atoms with Crippen LogP contribution in [0.15, 0.2) is 47.6 Å². The van der Waals surface area contributed by atoms with Crippen LogP contribution in [0.5, 0.6) is 11.5 Å². The molecular formula is C19H22N2O3S. The van der Waals surface area contributed by atoms with E-state index in [1.165, 1.54) is 11.8 Å². The molecule has 0 radical (unpaired) electrons. The van der Waals surface area contributed by atoms with Gasteiger partial charge in [-0.05, 0) is 43.7 Å². The number of nitrogens with one attached hydrogen (secondary N) is 1. The average Bonchev–Trinajstić information content (AvgIpc) is 3.01. The number of hydrogen-bond donors (Lipinski definition) is 2. The number of hydrogen-bond acceptors (Lipinski definition) is 5. The summed E-state index contributed by atoms with van der Waals surface area (Å²) in [5, 5.41) is 10.9. The summed E-state index contributed by atoms with van der Waals surface area (Å²) in [6.07, 6.45) is -0.572. The van der Waals surface area contributed by atoms with Crippen LogP contribution in [-0.4, -0.2) is 40.1 Å². The molecule has 0 fully saturated rings. The smallest absolute Gasteiger partial charge is 0.166 e. The first-order valence-corrected chi connectivity index (χ1v) is 9.25. The Kier molecular flexibility index (Phi) is 5.83. The maximum Gasteiger partial charge on any atom is 0.166 e. The summed E-state index contributed by atoms with van der Waals surface area (Å²) in [5.74, 6) is 2.10. The van der Waals surface area contributed by atoms with Crippen LogP contribution in [0.3, 0.4) is 0 Å². The van der Waals surface area contributed by atoms with Crippen LogP contribution < -0.4 is 9.47 Å². The molecule has 0 saturated heterocycles. The van der Waals surface area contributed by atoms with Crippen LogP contribution in [0.4, 0.5) is 0 Å². The van der Waals surface area contributed by atoms with Gasteiger partial charge in [0.2, 0.25) is 0 Å². The minimum Gasteiger partial charge on any atom is -0.494 e. The predicted molar refractivity (Wildman–Crippen MR) is 101 cm³/mol. The minimum absolute atomic E-state index is 0.255. The summed E-state index contributed by atoms with van der Waals surface area (Å²) in [5.41, 5.74) is 2.95. The van der Waals surface area contributed by atoms with E-state index in [4.69, 9.17) is 9.47 Å². The molecule has 25 heavy (non-hydrogen) atoms. The van der Waals surface area contributed by atoms with Gasteiger partial charge in [0.1, 0.15) is 18.1 Å². The molecule has 3 rings (SSSR count). The Hall–Kier alpha value is -2.18. The molecule has 1 aromatic heterocycles. The van der Waals surface area contributed by atoms with Gasteiger partial charge in [-0.25, -0.2) is 4.98 Å². The second kappa shape index (κ2) is 8.27. The lowest BCUT2D eigenvalue weighted by atomic mass is 10.2. The van der Waals surface area contributed by atoms with Crippen LogP contribution in [-0.2, 0) is 0 Å². The maximum atomic E-state index is 10.1. The number of benzene rings is 2. The lowest BCUT2D eigenvalue weighted by Crippen LogP contribution is -2.20. The van der Waals surface area contributed by atoms with Crippen LogP contribution in [0.2, 0.25) is 0 Å². The highest BCUT2D eigenvalue weighted by atomic mass is 32.2. The van der Waals surface area contributed by atoms with Gasteiger partial charge in [0, 0.05) is 11.8 Å². The molecule has 0 aliphatic heterocycles. The van der Waals surface area contributed by atoms with Crippen molar-refractivity contribution in [2.24, 2.45) is 0 Å². The van der Waals surface area contributed by atoms with Gasteiger partial charge in [0.15, 0.2) is 5.16 Å². The van der Waals surface area contributed by atoms with E-state index in [-0.39, 0.29) is 6.61 Å². The molecule has 2 aromatic carbocycles. The van der Waals surface area contributed by atoms with Crippen molar-refractivity contribution in [3.63, 3.8) is 0 Å². The Morgan fingerprint density at radius 1 is 1.16 bits per heavy atom. The molecule has 0 saturated carbocycles. The zero-order valence-corrected chi connectivity index (χ0v) is 15.2. The van der Waals surface area contributed by atoms with Crippen molar-refractivity contribution in [2.75, 3.05) is 19.0 Å². The number of aromatic amines is 1. The largest absolute Gasteiger partial charge is 0.494 e. The summed E-state index contributed by atoms with van der Waals surface area (Å²) in [6, 6.07) is 13.6. The number of imidazole rings is 1. The number of nitrogens with zero attached hydrogens (tertiary/aromatic N) is 1. The van der Waals surface area contributed by atoms with E-state index in [0.29, 0.717) is 12.4 Å². The molecule has 0 spiro atoms. The van der Waals surface area contributed by atoms with Gasteiger partial charge in [-0.2, -0.15) is 0 Å². The Labute approximate surface area is 151 Å². The van der Waals surface area contributed by atoms with Crippen molar-refractivity contribution >= 4 is 22.8 Å². The molecule has 2 N–H and O–H groups in total. The highest BCUT2D eigenvalue weighted by molar-refractivity contribution is 7.99. The van der Waals surface area contributed by atoms with E-state index in [2.05, 4.69) is 9.97 Å². The van der Waals surface area contributed by atoms with Crippen LogP contribution >= 0.6 is 11.8 Å². The molecule has 1 atom stereocenters. The molecule has 0 aliphatic rings. The van der Waals surface area contributed by atoms with Gasteiger partial charge in [-0.1, -0.05) is 23.9 Å². The molecule has 0 aliphatic carbocycles. The van der Waals surface area contributed by atoms with Crippen LogP contribution in [0.25, 0.3) is 11.0 Å². The van der Waals surface area contributed by atoms with E-state index in [1.807, 2.05) is 56.3 Å². The lowest BCUT2D eigenvalue weighted by molar-refractivity contribution is 0.126. The third-order valence-corrected chi connectivity index (χ3v) is 4.61. The third kappa shape index (κ3) is 4.90. The monoisotopic (exact) mass is 358 g/mol. The van der Waals surface area contributed by atoms with Crippen molar-refractivity contribution in [2.45, 2.75) is 25.1 Å². The second-order valence-corrected chi connectivity index (χ2v) is 6.75. The van der Waals surface area contributed by atoms with Gasteiger partial charge in [0.05, 0.1) is 23.7 Å². The molecule has 5 nitrogen and oxygen atoms in total. The Morgan fingerprint density at radius 2 is 2.00 bits per heavy atom. The van der Waals surface area contributed by atoms with E-state index in [9.17, 15) is 5.11 Å². The average molecular weight is 358 g/mol. The van der Waals surface area contributed by atoms with Crippen molar-refractivity contribution in [3.05, 3.63) is 48.0 Å². The van der Waals surface area contributed by atoms with Crippen LogP contribution in [0.1, 0.15) is 12.5 Å². The molecule has 0 bridgehead atoms. The van der Waals surface area contributed by atoms with Crippen molar-refractivity contribution < 1.29 is 14.6 Å². The Balaban J connectivity index is 1.53. The van der Waals surface area contributed by atoms with Crippen LogP contribution in [0, 0.1) is 6.92 Å². The highest BCUT2D eigenvalue weighted by Gasteiger charge is 2.10. The first-order chi connectivity index (χ1) is 12.1. The van der Waals surface area contributed by atoms with Crippen molar-refractivity contribution in [3.8, 4) is 11.5 Å². The van der Waals surface area contributed by atoms with Gasteiger partial charge in [-0.3, -0.25) is 0 Å². The van der Waals surface area contributed by atoms with Gasteiger partial charge in [0.25, 0.3) is 0 Å². The summed E-state index contributed by atoms with van der Waals surface area (Å²) in [4.78, 5) is 7.77. The van der Waals surface area contributed by atoms with Gasteiger partial charge < -0.3 is 19.6 Å². The quantitative estimate of drug-likeness (QED) is 0.600. The first kappa shape index (κ1) is 17.6. The number of aryl methyl sites for hydroxylation is 1. The fourth-order valence-electron chi connectivity index (χ4n) is 2.41. The normalized spacial score (nSPS) is 12.3. The molecular weight excluding hydrogens is 336 g/mol. The molecule has 132 valence electrons. The number of ether oxygens (including phenoxy) is 2. The number of thioether (sulfide) groups is 1. The third-order valence-electron chi connectivity index (χ3n) is 3.59. The fraction of sp³-hybridized carbons (Fsp3) is 0.316. The molecule has 1 heterocycles. The lowest BCUT2D eigenvalue weighted by Gasteiger charge is -2.11. The Morgan fingerprint density at radius 3 is 2.80 bits per heavy atom. The van der Waals surface area contributed by atoms with E-state index in [1.54, 1.807) is 0 Å². The summed E-state index contributed by atoms with van der Waals surface area (Å²) in [6.45, 7) is 4.86. The number of rotatable bonds is 8. The van der Waals surface area contributed by atoms with E-state index in [0.717, 1.165) is 33.3 Å². The zero-order valence-electron chi connectivity index (χ0n) is 14.4. The topological polar surface area (TPSA) is 67.4 Å². The molecule has 0 amide bonds. The number of aliphatic hydroxyl groups excluding tert-OH is 1. The maximum absolute atomic E-state index is 10.1. The Bertz CT molecular complexity index is 834. The minimum atomic E-state index is -0.572. The van der Waals surface area contributed by atoms with E-state index >= 15 is 0 Å². The number of aliphatic hydroxyl groups is 1. The molecule has 1 unspecified atom stereocenters. The van der Waals surface area contributed by atoms with Crippen molar-refractivity contribution in [1.82, 2.24) is 9.97 Å². The molecule has 6 heteroatoms. The zero-order chi connectivity index (χ0) is 17.6. The standard InChI is InChI=1S/C19H22N2O3S/c1-3-23-16-7-8-17-18(10-16)21-19(20-17)25-12-14(22)11-24-15-6-4-5-13(2)9-15/h4-10,14,22H,3,11-12H2,1-2H3,(H,20,21). The van der Waals surface area contributed by atoms with Gasteiger partial charge in [-0.15, -0.1) is 0 Å². The highest BCUT2D eigenvalue weighted by Crippen LogP contribution is 2.24. The summed E-state index contributed by atoms with van der Waals surface area (Å²) < 4.78 is 11.1. The second-order valence-electron chi connectivity index (χ2n) is 5.75. The molecule has 3 aromatic rings. The SMILES string of the molecule is CCOc1ccc2nc(SCC(O)COc3cccc(C)c3)[nH]c2c1. The summed E-state index contributed by atoms with van der Waals surface area (Å²) >= 11 is 1.47. The van der Waals surface area contributed by atoms with Crippen molar-refractivity contribution in [1.29, 1.82) is 0 Å². The predicted octanol–water partition coefficient (Wildman–Crippen LogP) is 3.80. The van der Waals surface area contributed by atoms with Gasteiger partial charge >= 0.3 is 0 Å². The summed E-state index contributed by atoms with van der Waals surface area (Å²) in [7, 11) is 0.